The SMILES string of the molecule is CC1(C)c2ccccc2-c2c(Nc3ccc(-c4ccc5ccccc5c4)cc3)cccc21. The molecular weight excluding hydrogens is 386 g/mol. The maximum atomic E-state index is 3.69. The van der Waals surface area contributed by atoms with Crippen molar-refractivity contribution in [1.29, 1.82) is 0 Å². The molecule has 5 aromatic rings. The molecule has 0 aromatic heterocycles. The first-order valence-corrected chi connectivity index (χ1v) is 11.2. The van der Waals surface area contributed by atoms with E-state index in [0.29, 0.717) is 0 Å². The molecule has 6 rings (SSSR count). The normalized spacial score (nSPS) is 13.6. The van der Waals surface area contributed by atoms with Crippen molar-refractivity contribution in [3.05, 3.63) is 120 Å². The highest BCUT2D eigenvalue weighted by molar-refractivity contribution is 5.91. The molecule has 1 nitrogen and oxygen atoms in total. The van der Waals surface area contributed by atoms with Gasteiger partial charge in [-0.25, -0.2) is 0 Å². The third-order valence-corrected chi connectivity index (χ3v) is 6.85. The van der Waals surface area contributed by atoms with Gasteiger partial charge in [0.05, 0.1) is 0 Å². The average molecular weight is 412 g/mol. The van der Waals surface area contributed by atoms with Crippen molar-refractivity contribution < 1.29 is 0 Å². The smallest absolute Gasteiger partial charge is 0.0467 e. The molecule has 1 heteroatoms. The van der Waals surface area contributed by atoms with Gasteiger partial charge in [-0.2, -0.15) is 0 Å². The molecule has 0 unspecified atom stereocenters. The second-order valence-corrected chi connectivity index (χ2v) is 9.16. The standard InChI is InChI=1S/C31H25N/c1-31(2)27-11-6-5-10-26(27)30-28(31)12-7-13-29(30)32-25-18-16-22(17-19-25)24-15-14-21-8-3-4-9-23(21)20-24/h3-20,32H,1-2H3. The van der Waals surface area contributed by atoms with Crippen LogP contribution < -0.4 is 5.32 Å². The summed E-state index contributed by atoms with van der Waals surface area (Å²) in [5, 5.41) is 6.24. The summed E-state index contributed by atoms with van der Waals surface area (Å²) in [5.74, 6) is 0. The first-order valence-electron chi connectivity index (χ1n) is 11.2. The zero-order valence-electron chi connectivity index (χ0n) is 18.4. The van der Waals surface area contributed by atoms with Crippen LogP contribution in [0.25, 0.3) is 33.0 Å². The molecule has 0 radical (unpaired) electrons. The van der Waals surface area contributed by atoms with Crippen LogP contribution in [0.5, 0.6) is 0 Å². The lowest BCUT2D eigenvalue weighted by Crippen LogP contribution is -2.14. The van der Waals surface area contributed by atoms with Crippen LogP contribution in [0.2, 0.25) is 0 Å². The van der Waals surface area contributed by atoms with Gasteiger partial charge in [0, 0.05) is 22.4 Å². The van der Waals surface area contributed by atoms with Gasteiger partial charge < -0.3 is 5.32 Å². The third kappa shape index (κ3) is 2.93. The molecule has 5 aromatic carbocycles. The predicted molar refractivity (Wildman–Crippen MR) is 137 cm³/mol. The molecule has 0 heterocycles. The van der Waals surface area contributed by atoms with Crippen molar-refractivity contribution in [3.8, 4) is 22.3 Å². The number of benzene rings is 5. The van der Waals surface area contributed by atoms with Gasteiger partial charge in [-0.3, -0.25) is 0 Å². The largest absolute Gasteiger partial charge is 0.355 e. The second kappa shape index (κ2) is 7.10. The molecule has 0 saturated heterocycles. The average Bonchev–Trinajstić information content (AvgIpc) is 3.07. The van der Waals surface area contributed by atoms with E-state index in [-0.39, 0.29) is 5.41 Å². The molecular formula is C31H25N. The summed E-state index contributed by atoms with van der Waals surface area (Å²) in [6.07, 6.45) is 0. The maximum absolute atomic E-state index is 3.69. The summed E-state index contributed by atoms with van der Waals surface area (Å²) in [4.78, 5) is 0. The van der Waals surface area contributed by atoms with Crippen LogP contribution in [0.4, 0.5) is 11.4 Å². The lowest BCUT2D eigenvalue weighted by molar-refractivity contribution is 0.660. The minimum absolute atomic E-state index is 0.0174. The van der Waals surface area contributed by atoms with E-state index in [0.717, 1.165) is 5.69 Å². The van der Waals surface area contributed by atoms with Gasteiger partial charge in [0.1, 0.15) is 0 Å². The molecule has 0 atom stereocenters. The molecule has 0 aliphatic heterocycles. The molecule has 0 spiro atoms. The van der Waals surface area contributed by atoms with Crippen LogP contribution in [-0.2, 0) is 5.41 Å². The van der Waals surface area contributed by atoms with Gasteiger partial charge in [0.25, 0.3) is 0 Å². The van der Waals surface area contributed by atoms with Gasteiger partial charge in [-0.05, 0) is 62.9 Å². The highest BCUT2D eigenvalue weighted by Gasteiger charge is 2.36. The first kappa shape index (κ1) is 18.9. The lowest BCUT2D eigenvalue weighted by Gasteiger charge is -2.21. The minimum Gasteiger partial charge on any atom is -0.355 e. The van der Waals surface area contributed by atoms with Crippen molar-refractivity contribution >= 4 is 22.1 Å². The van der Waals surface area contributed by atoms with Gasteiger partial charge in [0.2, 0.25) is 0 Å². The van der Waals surface area contributed by atoms with Crippen molar-refractivity contribution in [2.45, 2.75) is 19.3 Å². The summed E-state index contributed by atoms with van der Waals surface area (Å²) < 4.78 is 0. The van der Waals surface area contributed by atoms with E-state index < -0.39 is 0 Å². The fraction of sp³-hybridized carbons (Fsp3) is 0.0968. The van der Waals surface area contributed by atoms with Gasteiger partial charge in [-0.15, -0.1) is 0 Å². The van der Waals surface area contributed by atoms with Crippen LogP contribution in [0.1, 0.15) is 25.0 Å². The number of fused-ring (bicyclic) bond motifs is 4. The van der Waals surface area contributed by atoms with Crippen LogP contribution in [0, 0.1) is 0 Å². The predicted octanol–water partition coefficient (Wildman–Crippen LogP) is 8.56. The van der Waals surface area contributed by atoms with Crippen LogP contribution in [0.15, 0.2) is 109 Å². The second-order valence-electron chi connectivity index (χ2n) is 9.16. The Kier molecular flexibility index (Phi) is 4.19. The molecule has 0 saturated carbocycles. The summed E-state index contributed by atoms with van der Waals surface area (Å²) in [6.45, 7) is 4.64. The van der Waals surface area contributed by atoms with Crippen molar-refractivity contribution in [2.75, 3.05) is 5.32 Å². The summed E-state index contributed by atoms with van der Waals surface area (Å²) >= 11 is 0. The van der Waals surface area contributed by atoms with Gasteiger partial charge in [-0.1, -0.05) is 98.8 Å². The van der Waals surface area contributed by atoms with Crippen LogP contribution in [-0.4, -0.2) is 0 Å². The highest BCUT2D eigenvalue weighted by Crippen LogP contribution is 2.51. The monoisotopic (exact) mass is 411 g/mol. The Hall–Kier alpha value is -3.84. The van der Waals surface area contributed by atoms with E-state index in [1.54, 1.807) is 0 Å². The molecule has 1 aliphatic carbocycles. The number of anilines is 2. The number of hydrogen-bond donors (Lipinski definition) is 1. The molecule has 1 N–H and O–H groups in total. The Morgan fingerprint density at radius 1 is 0.562 bits per heavy atom. The molecule has 0 amide bonds. The summed E-state index contributed by atoms with van der Waals surface area (Å²) in [6, 6.07) is 39.3. The van der Waals surface area contributed by atoms with Crippen LogP contribution in [0.3, 0.4) is 0 Å². The van der Waals surface area contributed by atoms with Gasteiger partial charge in [0.15, 0.2) is 0 Å². The number of nitrogens with one attached hydrogen (secondary N) is 1. The Morgan fingerprint density at radius 2 is 1.25 bits per heavy atom. The minimum atomic E-state index is 0.0174. The zero-order valence-corrected chi connectivity index (χ0v) is 18.4. The van der Waals surface area contributed by atoms with Crippen molar-refractivity contribution in [2.24, 2.45) is 0 Å². The maximum Gasteiger partial charge on any atom is 0.0467 e. The van der Waals surface area contributed by atoms with Gasteiger partial charge >= 0.3 is 0 Å². The Balaban J connectivity index is 1.35. The fourth-order valence-corrected chi connectivity index (χ4v) is 5.13. The van der Waals surface area contributed by atoms with E-state index in [1.807, 2.05) is 0 Å². The first-order chi connectivity index (χ1) is 15.6. The third-order valence-electron chi connectivity index (χ3n) is 6.85. The Labute approximate surface area is 189 Å². The highest BCUT2D eigenvalue weighted by atomic mass is 14.9. The van der Waals surface area contributed by atoms with E-state index in [2.05, 4.69) is 128 Å². The van der Waals surface area contributed by atoms with E-state index >= 15 is 0 Å². The summed E-state index contributed by atoms with van der Waals surface area (Å²) in [5.41, 5.74) is 10.2. The molecule has 0 bridgehead atoms. The van der Waals surface area contributed by atoms with Crippen molar-refractivity contribution in [3.63, 3.8) is 0 Å². The lowest BCUT2D eigenvalue weighted by atomic mass is 9.82. The number of rotatable bonds is 3. The molecule has 0 fully saturated rings. The zero-order chi connectivity index (χ0) is 21.7. The topological polar surface area (TPSA) is 12.0 Å². The van der Waals surface area contributed by atoms with Crippen molar-refractivity contribution in [1.82, 2.24) is 0 Å². The van der Waals surface area contributed by atoms with E-state index in [4.69, 9.17) is 0 Å². The van der Waals surface area contributed by atoms with E-state index in [1.165, 1.54) is 49.8 Å². The molecule has 32 heavy (non-hydrogen) atoms. The quantitative estimate of drug-likeness (QED) is 0.313. The Bertz CT molecular complexity index is 1460. The van der Waals surface area contributed by atoms with E-state index in [9.17, 15) is 0 Å². The summed E-state index contributed by atoms with van der Waals surface area (Å²) in [7, 11) is 0. The fourth-order valence-electron chi connectivity index (χ4n) is 5.13. The number of hydrogen-bond acceptors (Lipinski definition) is 1. The molecule has 1 aliphatic rings. The Morgan fingerprint density at radius 3 is 2.09 bits per heavy atom. The van der Waals surface area contributed by atoms with Crippen LogP contribution >= 0.6 is 0 Å². The molecule has 154 valence electrons.